The highest BCUT2D eigenvalue weighted by Crippen LogP contribution is 2.50. The van der Waals surface area contributed by atoms with E-state index in [-0.39, 0.29) is 24.8 Å². The first-order valence-corrected chi connectivity index (χ1v) is 12.3. The smallest absolute Gasteiger partial charge is 0.293 e. The number of ether oxygens (including phenoxy) is 2. The number of unbranched alkanes of at least 4 members (excludes halogenated alkanes) is 4. The molecule has 2 fully saturated rings. The minimum absolute atomic E-state index is 0.178. The molecule has 0 bridgehead atoms. The van der Waals surface area contributed by atoms with Crippen LogP contribution in [-0.2, 0) is 32.7 Å². The van der Waals surface area contributed by atoms with Crippen molar-refractivity contribution in [2.75, 3.05) is 11.9 Å². The van der Waals surface area contributed by atoms with Gasteiger partial charge in [-0.05, 0) is 6.42 Å². The van der Waals surface area contributed by atoms with Crippen LogP contribution in [0.3, 0.4) is 0 Å². The van der Waals surface area contributed by atoms with E-state index in [2.05, 4.69) is 31.7 Å². The lowest BCUT2D eigenvalue weighted by molar-refractivity contribution is -0.246. The van der Waals surface area contributed by atoms with Gasteiger partial charge in [0.2, 0.25) is 5.91 Å². The van der Waals surface area contributed by atoms with Crippen LogP contribution >= 0.6 is 7.82 Å². The van der Waals surface area contributed by atoms with Crippen LogP contribution in [-0.4, -0.2) is 56.8 Å². The summed E-state index contributed by atoms with van der Waals surface area (Å²) in [6.45, 7) is 2.05. The van der Waals surface area contributed by atoms with Crippen LogP contribution in [0.15, 0.2) is 12.7 Å². The van der Waals surface area contributed by atoms with Crippen LogP contribution in [0, 0.1) is 0 Å². The second kappa shape index (κ2) is 10.2. The van der Waals surface area contributed by atoms with Gasteiger partial charge >= 0.3 is 0 Å². The molecule has 0 aliphatic carbocycles. The Morgan fingerprint density at radius 3 is 2.94 bits per heavy atom. The van der Waals surface area contributed by atoms with Crippen molar-refractivity contribution in [2.45, 2.75) is 70.0 Å². The predicted octanol–water partition coefficient (Wildman–Crippen LogP) is 1.45. The summed E-state index contributed by atoms with van der Waals surface area (Å²) >= 11 is 0. The Kier molecular flexibility index (Phi) is 7.35. The number of phosphoric acid groups is 1. The number of amides is 1. The van der Waals surface area contributed by atoms with Crippen molar-refractivity contribution >= 4 is 37.2 Å². The predicted molar refractivity (Wildman–Crippen MR) is 111 cm³/mol. The lowest BCUT2D eigenvalue weighted by Crippen LogP contribution is -2.42. The van der Waals surface area contributed by atoms with Crippen molar-refractivity contribution < 1.29 is 37.6 Å². The number of fused-ring (bicyclic) bond motifs is 2. The molecular weight excluding hydrogens is 457 g/mol. The van der Waals surface area contributed by atoms with Crippen LogP contribution in [0.1, 0.15) is 51.7 Å². The van der Waals surface area contributed by atoms with Crippen LogP contribution in [0.5, 0.6) is 0 Å². The first-order valence-electron chi connectivity index (χ1n) is 10.8. The van der Waals surface area contributed by atoms with Crippen LogP contribution in [0.2, 0.25) is 0 Å². The summed E-state index contributed by atoms with van der Waals surface area (Å²) in [7, 11) is -4.53. The Bertz CT molecular complexity index is 1050. The third-order valence-electron chi connectivity index (χ3n) is 5.54. The highest BCUT2D eigenvalue weighted by molar-refractivity contribution is 7.45. The molecule has 4 heterocycles. The van der Waals surface area contributed by atoms with E-state index in [1.807, 2.05) is 0 Å². The van der Waals surface area contributed by atoms with Gasteiger partial charge in [-0.2, -0.15) is 0 Å². The van der Waals surface area contributed by atoms with Gasteiger partial charge in [-0.25, -0.2) is 15.0 Å². The fourth-order valence-electron chi connectivity index (χ4n) is 3.96. The maximum absolute atomic E-state index is 12.3. The van der Waals surface area contributed by atoms with Crippen molar-refractivity contribution in [3.8, 4) is 0 Å². The molecular formula is C19H25N5O8P-. The number of hydrogen-bond donors (Lipinski definition) is 1. The van der Waals surface area contributed by atoms with Crippen LogP contribution < -0.4 is 10.2 Å². The molecule has 0 aromatic carbocycles. The fraction of sp³-hybridized carbons (Fsp3) is 0.632. The van der Waals surface area contributed by atoms with E-state index in [1.54, 1.807) is 0 Å². The molecule has 0 saturated carbocycles. The second-order valence-electron chi connectivity index (χ2n) is 7.83. The van der Waals surface area contributed by atoms with E-state index in [9.17, 15) is 19.0 Å². The number of nitrogens with zero attached hydrogens (tertiary/aromatic N) is 4. The van der Waals surface area contributed by atoms with Gasteiger partial charge in [0.05, 0.1) is 12.9 Å². The van der Waals surface area contributed by atoms with Gasteiger partial charge in [-0.1, -0.05) is 32.6 Å². The third-order valence-corrected chi connectivity index (χ3v) is 6.51. The number of phosphoric ester groups is 1. The molecule has 5 atom stereocenters. The first kappa shape index (κ1) is 23.7. The SMILES string of the molecule is CCCCCCCC(=O)Nc1ncnc2c1ncn2[C@@H]1OC2COP(=O)([O-])OC2[C@@H]1OC=O. The molecule has 33 heavy (non-hydrogen) atoms. The lowest BCUT2D eigenvalue weighted by atomic mass is 10.1. The molecule has 2 saturated heterocycles. The summed E-state index contributed by atoms with van der Waals surface area (Å²) in [5.74, 6) is 0.0623. The third kappa shape index (κ3) is 5.22. The molecule has 13 nitrogen and oxygen atoms in total. The van der Waals surface area contributed by atoms with Gasteiger partial charge in [-0.3, -0.25) is 18.7 Å². The Morgan fingerprint density at radius 2 is 2.15 bits per heavy atom. The molecule has 3 unspecified atom stereocenters. The summed E-state index contributed by atoms with van der Waals surface area (Å²) in [5.41, 5.74) is 0.615. The molecule has 1 N–H and O–H groups in total. The normalized spacial score (nSPS) is 29.0. The maximum Gasteiger partial charge on any atom is 0.293 e. The Hall–Kier alpha value is -2.44. The summed E-state index contributed by atoms with van der Waals surface area (Å²) in [6, 6.07) is 0. The number of carbonyl (C=O) groups excluding carboxylic acids is 2. The largest absolute Gasteiger partial charge is 0.756 e. The molecule has 2 aliphatic heterocycles. The van der Waals surface area contributed by atoms with Gasteiger partial charge in [0.15, 0.2) is 29.3 Å². The Labute approximate surface area is 189 Å². The quantitative estimate of drug-likeness (QED) is 0.296. The molecule has 2 aromatic heterocycles. The van der Waals surface area contributed by atoms with Crippen molar-refractivity contribution in [2.24, 2.45) is 0 Å². The summed E-state index contributed by atoms with van der Waals surface area (Å²) < 4.78 is 33.8. The van der Waals surface area contributed by atoms with Crippen LogP contribution in [0.25, 0.3) is 11.2 Å². The summed E-state index contributed by atoms with van der Waals surface area (Å²) in [5, 5.41) is 2.76. The Morgan fingerprint density at radius 1 is 1.33 bits per heavy atom. The first-order chi connectivity index (χ1) is 15.9. The van der Waals surface area contributed by atoms with Crippen molar-refractivity contribution in [1.29, 1.82) is 0 Å². The van der Waals surface area contributed by atoms with Gasteiger partial charge in [0, 0.05) is 6.42 Å². The topological polar surface area (TPSA) is 167 Å². The van der Waals surface area contributed by atoms with E-state index in [4.69, 9.17) is 14.0 Å². The Balaban J connectivity index is 1.52. The molecule has 2 aromatic rings. The monoisotopic (exact) mass is 482 g/mol. The van der Waals surface area contributed by atoms with Crippen molar-refractivity contribution in [3.05, 3.63) is 12.7 Å². The van der Waals surface area contributed by atoms with Crippen molar-refractivity contribution in [3.63, 3.8) is 0 Å². The minimum atomic E-state index is -4.53. The highest BCUT2D eigenvalue weighted by Gasteiger charge is 2.52. The highest BCUT2D eigenvalue weighted by atomic mass is 31.2. The summed E-state index contributed by atoms with van der Waals surface area (Å²) in [4.78, 5) is 47.8. The van der Waals surface area contributed by atoms with Gasteiger partial charge in [0.1, 0.15) is 18.5 Å². The van der Waals surface area contributed by atoms with E-state index in [1.165, 1.54) is 17.2 Å². The number of rotatable bonds is 10. The molecule has 1 amide bonds. The van der Waals surface area contributed by atoms with E-state index >= 15 is 0 Å². The second-order valence-corrected chi connectivity index (χ2v) is 9.20. The molecule has 2 aliphatic rings. The van der Waals surface area contributed by atoms with Crippen LogP contribution in [0.4, 0.5) is 5.82 Å². The zero-order valence-electron chi connectivity index (χ0n) is 18.0. The number of carbonyl (C=O) groups is 2. The average molecular weight is 482 g/mol. The van der Waals surface area contributed by atoms with E-state index in [0.717, 1.165) is 32.1 Å². The number of anilines is 1. The molecule has 0 spiro atoms. The number of imidazole rings is 1. The molecule has 180 valence electrons. The standard InChI is InChI=1S/C19H26N5O8P/c1-2-3-4-5-6-7-13(26)23-17-14-18(21-9-20-17)24(10-22-14)19-16(29-11-25)15-12(31-19)8-30-33(27,28)32-15/h9-12,15-16,19H,2-8H2,1H3,(H,27,28)(H,20,21,23,26)/p-1/t12?,15?,16-,19+/m0/s1. The molecule has 14 heteroatoms. The van der Waals surface area contributed by atoms with Gasteiger partial charge in [-0.15, -0.1) is 0 Å². The van der Waals surface area contributed by atoms with E-state index < -0.39 is 32.4 Å². The lowest BCUT2D eigenvalue weighted by Gasteiger charge is -2.35. The number of aromatic nitrogens is 4. The van der Waals surface area contributed by atoms with Crippen molar-refractivity contribution in [1.82, 2.24) is 19.5 Å². The molecule has 0 radical (unpaired) electrons. The zero-order chi connectivity index (χ0) is 23.4. The summed E-state index contributed by atoms with van der Waals surface area (Å²) in [6.07, 6.45) is 4.22. The minimum Gasteiger partial charge on any atom is -0.756 e. The van der Waals surface area contributed by atoms with Gasteiger partial charge in [0.25, 0.3) is 14.3 Å². The number of nitrogens with one attached hydrogen (secondary N) is 1. The maximum atomic E-state index is 12.3. The average Bonchev–Trinajstić information content (AvgIpc) is 3.35. The zero-order valence-corrected chi connectivity index (χ0v) is 18.9. The number of hydrogen-bond acceptors (Lipinski definition) is 11. The fourth-order valence-corrected chi connectivity index (χ4v) is 4.90. The van der Waals surface area contributed by atoms with E-state index in [0.29, 0.717) is 17.6 Å². The molecule has 4 rings (SSSR count). The van der Waals surface area contributed by atoms with Gasteiger partial charge < -0.3 is 28.7 Å².